The molecule has 1 aliphatic rings. The fourth-order valence-electron chi connectivity index (χ4n) is 2.92. The van der Waals surface area contributed by atoms with Crippen LogP contribution in [0.3, 0.4) is 0 Å². The van der Waals surface area contributed by atoms with Gasteiger partial charge in [-0.25, -0.2) is 0 Å². The summed E-state index contributed by atoms with van der Waals surface area (Å²) in [6.07, 6.45) is 1.21. The average Bonchev–Trinajstić information content (AvgIpc) is 3.22. The molecule has 2 aromatic heterocycles. The van der Waals surface area contributed by atoms with Gasteiger partial charge in [-0.15, -0.1) is 11.3 Å². The molecule has 0 radical (unpaired) electrons. The summed E-state index contributed by atoms with van der Waals surface area (Å²) < 4.78 is 1.37. The Morgan fingerprint density at radius 2 is 2.10 bits per heavy atom. The summed E-state index contributed by atoms with van der Waals surface area (Å²) in [7, 11) is 0. The van der Waals surface area contributed by atoms with E-state index < -0.39 is 0 Å². The fraction of sp³-hybridized carbons (Fsp3) is 0.250. The van der Waals surface area contributed by atoms with Crippen molar-refractivity contribution in [3.05, 3.63) is 46.5 Å². The van der Waals surface area contributed by atoms with Gasteiger partial charge in [0, 0.05) is 28.4 Å². The number of benzene rings is 1. The predicted octanol–water partition coefficient (Wildman–Crippen LogP) is 4.46. The number of hydrogen-bond donors (Lipinski definition) is 1. The zero-order chi connectivity index (χ0) is 13.4. The van der Waals surface area contributed by atoms with Crippen molar-refractivity contribution in [3.8, 4) is 0 Å². The second-order valence-electron chi connectivity index (χ2n) is 5.14. The zero-order valence-corrected chi connectivity index (χ0v) is 12.7. The molecule has 20 heavy (non-hydrogen) atoms. The third-order valence-electron chi connectivity index (χ3n) is 3.90. The van der Waals surface area contributed by atoms with E-state index in [2.05, 4.69) is 56.7 Å². The standard InChI is InChI=1S/C16H16N2S2/c1-2-13(9-16-12(1)4-8-20-16)18(14-3-6-17-10-14)15-5-7-19-11-15/h1-2,4-5,7-9,11,14,17H,3,6,10H2. The molecule has 1 fully saturated rings. The first-order valence-corrected chi connectivity index (χ1v) is 8.73. The van der Waals surface area contributed by atoms with Crippen LogP contribution in [-0.2, 0) is 0 Å². The Kier molecular flexibility index (Phi) is 3.22. The van der Waals surface area contributed by atoms with Gasteiger partial charge in [-0.3, -0.25) is 0 Å². The summed E-state index contributed by atoms with van der Waals surface area (Å²) in [6.45, 7) is 2.19. The van der Waals surface area contributed by atoms with E-state index in [-0.39, 0.29) is 0 Å². The van der Waals surface area contributed by atoms with Crippen molar-refractivity contribution in [2.75, 3.05) is 18.0 Å². The highest BCUT2D eigenvalue weighted by Crippen LogP contribution is 2.34. The van der Waals surface area contributed by atoms with Crippen molar-refractivity contribution >= 4 is 44.1 Å². The Labute approximate surface area is 126 Å². The first-order valence-electron chi connectivity index (χ1n) is 6.91. The largest absolute Gasteiger partial charge is 0.336 e. The van der Waals surface area contributed by atoms with Gasteiger partial charge in [-0.1, -0.05) is 6.07 Å². The number of hydrogen-bond acceptors (Lipinski definition) is 4. The quantitative estimate of drug-likeness (QED) is 0.768. The maximum atomic E-state index is 3.48. The number of fused-ring (bicyclic) bond motifs is 1. The molecule has 2 nitrogen and oxygen atoms in total. The van der Waals surface area contributed by atoms with Crippen molar-refractivity contribution in [2.24, 2.45) is 0 Å². The lowest BCUT2D eigenvalue weighted by molar-refractivity contribution is 0.713. The molecule has 4 rings (SSSR count). The molecular weight excluding hydrogens is 284 g/mol. The topological polar surface area (TPSA) is 15.3 Å². The van der Waals surface area contributed by atoms with Crippen LogP contribution in [0.5, 0.6) is 0 Å². The maximum absolute atomic E-state index is 3.48. The lowest BCUT2D eigenvalue weighted by atomic mass is 10.1. The van der Waals surface area contributed by atoms with E-state index in [0.717, 1.165) is 13.1 Å². The van der Waals surface area contributed by atoms with Crippen molar-refractivity contribution in [1.82, 2.24) is 5.32 Å². The Balaban J connectivity index is 1.80. The van der Waals surface area contributed by atoms with Crippen LogP contribution in [0.1, 0.15) is 6.42 Å². The van der Waals surface area contributed by atoms with Crippen molar-refractivity contribution < 1.29 is 0 Å². The molecule has 0 bridgehead atoms. The SMILES string of the molecule is c1cc(N(c2ccc3ccsc3c2)C2CCNC2)cs1. The van der Waals surface area contributed by atoms with Gasteiger partial charge in [0.2, 0.25) is 0 Å². The Hall–Kier alpha value is -1.36. The minimum Gasteiger partial charge on any atom is -0.336 e. The summed E-state index contributed by atoms with van der Waals surface area (Å²) >= 11 is 3.59. The van der Waals surface area contributed by atoms with Gasteiger partial charge < -0.3 is 10.2 Å². The van der Waals surface area contributed by atoms with Gasteiger partial charge in [0.25, 0.3) is 0 Å². The smallest absolute Gasteiger partial charge is 0.0522 e. The van der Waals surface area contributed by atoms with Crippen LogP contribution in [-0.4, -0.2) is 19.1 Å². The van der Waals surface area contributed by atoms with Crippen molar-refractivity contribution in [1.29, 1.82) is 0 Å². The molecule has 4 heteroatoms. The van der Waals surface area contributed by atoms with E-state index in [9.17, 15) is 0 Å². The maximum Gasteiger partial charge on any atom is 0.0522 e. The molecular formula is C16H16N2S2. The number of thiophene rings is 2. The Morgan fingerprint density at radius 1 is 1.10 bits per heavy atom. The average molecular weight is 300 g/mol. The lowest BCUT2D eigenvalue weighted by Gasteiger charge is -2.30. The zero-order valence-electron chi connectivity index (χ0n) is 11.1. The van der Waals surface area contributed by atoms with Gasteiger partial charge in [0.05, 0.1) is 5.69 Å². The number of anilines is 2. The first-order chi connectivity index (χ1) is 9.92. The van der Waals surface area contributed by atoms with Gasteiger partial charge in [0.15, 0.2) is 0 Å². The van der Waals surface area contributed by atoms with Crippen molar-refractivity contribution in [2.45, 2.75) is 12.5 Å². The van der Waals surface area contributed by atoms with Crippen LogP contribution in [0.2, 0.25) is 0 Å². The molecule has 1 N–H and O–H groups in total. The van der Waals surface area contributed by atoms with E-state index in [0.29, 0.717) is 6.04 Å². The predicted molar refractivity (Wildman–Crippen MR) is 89.6 cm³/mol. The van der Waals surface area contributed by atoms with Crippen molar-refractivity contribution in [3.63, 3.8) is 0 Å². The Bertz CT molecular complexity index is 696. The highest BCUT2D eigenvalue weighted by Gasteiger charge is 2.24. The summed E-state index contributed by atoms with van der Waals surface area (Å²) in [4.78, 5) is 2.50. The second kappa shape index (κ2) is 5.20. The number of nitrogens with zero attached hydrogens (tertiary/aromatic N) is 1. The first kappa shape index (κ1) is 12.4. The molecule has 1 atom stereocenters. The second-order valence-corrected chi connectivity index (χ2v) is 6.87. The van der Waals surface area contributed by atoms with Gasteiger partial charge in [-0.05, 0) is 53.4 Å². The van der Waals surface area contributed by atoms with Crippen LogP contribution >= 0.6 is 22.7 Å². The molecule has 1 saturated heterocycles. The van der Waals surface area contributed by atoms with Crippen LogP contribution < -0.4 is 10.2 Å². The highest BCUT2D eigenvalue weighted by atomic mass is 32.1. The van der Waals surface area contributed by atoms with E-state index in [1.54, 1.807) is 11.3 Å². The lowest BCUT2D eigenvalue weighted by Crippen LogP contribution is -2.32. The number of rotatable bonds is 3. The molecule has 3 heterocycles. The Morgan fingerprint density at radius 3 is 2.90 bits per heavy atom. The van der Waals surface area contributed by atoms with Crippen LogP contribution in [0.4, 0.5) is 11.4 Å². The number of nitrogens with one attached hydrogen (secondary N) is 1. The van der Waals surface area contributed by atoms with Crippen LogP contribution in [0.15, 0.2) is 46.5 Å². The third kappa shape index (κ3) is 2.14. The van der Waals surface area contributed by atoms with E-state index >= 15 is 0 Å². The summed E-state index contributed by atoms with van der Waals surface area (Å²) in [5.74, 6) is 0. The molecule has 0 saturated carbocycles. The molecule has 1 unspecified atom stereocenters. The fourth-order valence-corrected chi connectivity index (χ4v) is 4.37. The normalized spacial score (nSPS) is 18.7. The molecule has 0 amide bonds. The molecule has 0 aliphatic carbocycles. The monoisotopic (exact) mass is 300 g/mol. The molecule has 0 spiro atoms. The molecule has 102 valence electrons. The van der Waals surface area contributed by atoms with Crippen LogP contribution in [0, 0.1) is 0 Å². The third-order valence-corrected chi connectivity index (χ3v) is 5.45. The van der Waals surface area contributed by atoms with E-state index in [4.69, 9.17) is 0 Å². The summed E-state index contributed by atoms with van der Waals surface area (Å²) in [6, 6.07) is 11.8. The van der Waals surface area contributed by atoms with E-state index in [1.807, 2.05) is 11.3 Å². The molecule has 1 aromatic carbocycles. The molecule has 3 aromatic rings. The van der Waals surface area contributed by atoms with Crippen LogP contribution in [0.25, 0.3) is 10.1 Å². The highest BCUT2D eigenvalue weighted by molar-refractivity contribution is 7.17. The summed E-state index contributed by atoms with van der Waals surface area (Å²) in [5.41, 5.74) is 2.63. The van der Waals surface area contributed by atoms with E-state index in [1.165, 1.54) is 27.9 Å². The minimum absolute atomic E-state index is 0.557. The van der Waals surface area contributed by atoms with Gasteiger partial charge in [0.1, 0.15) is 0 Å². The molecule has 1 aliphatic heterocycles. The van der Waals surface area contributed by atoms with Gasteiger partial charge >= 0.3 is 0 Å². The van der Waals surface area contributed by atoms with Gasteiger partial charge in [-0.2, -0.15) is 11.3 Å². The minimum atomic E-state index is 0.557. The summed E-state index contributed by atoms with van der Waals surface area (Å²) in [5, 5.41) is 11.4.